The van der Waals surface area contributed by atoms with Crippen LogP contribution in [0.15, 0.2) is 12.2 Å². The third kappa shape index (κ3) is 8.95. The van der Waals surface area contributed by atoms with E-state index in [9.17, 15) is 29.7 Å². The van der Waals surface area contributed by atoms with Gasteiger partial charge in [-0.1, -0.05) is 26.0 Å². The standard InChI is InChI=1S/C21H38N2O6/c1-4-7-8-9-12-19(25)22-13-14-23(15-16-24,17(10-5-2)20(26)27)18(11-6-3)21(28)29/h4,7,17-18,24H,5-6,8-16H2,1-3H3,(H2-,22,25,26,27,28,29)/p+1/b7-4+. The summed E-state index contributed by atoms with van der Waals surface area (Å²) in [6, 6.07) is -1.90. The minimum atomic E-state index is -1.07. The van der Waals surface area contributed by atoms with Crippen molar-refractivity contribution in [2.45, 2.75) is 77.8 Å². The highest BCUT2D eigenvalue weighted by Gasteiger charge is 2.49. The van der Waals surface area contributed by atoms with Crippen LogP contribution in [0.4, 0.5) is 0 Å². The molecule has 0 aromatic heterocycles. The zero-order valence-electron chi connectivity index (χ0n) is 18.1. The predicted octanol–water partition coefficient (Wildman–Crippen LogP) is 2.16. The van der Waals surface area contributed by atoms with Crippen LogP contribution < -0.4 is 5.32 Å². The van der Waals surface area contributed by atoms with Gasteiger partial charge in [0.1, 0.15) is 6.54 Å². The van der Waals surface area contributed by atoms with Crippen LogP contribution in [0.25, 0.3) is 0 Å². The number of carbonyl (C=O) groups is 3. The molecule has 0 aliphatic carbocycles. The van der Waals surface area contributed by atoms with Crippen LogP contribution in [-0.4, -0.2) is 76.0 Å². The molecule has 0 aliphatic heterocycles. The number of nitrogens with zero attached hydrogens (tertiary/aromatic N) is 1. The first kappa shape index (κ1) is 27.1. The summed E-state index contributed by atoms with van der Waals surface area (Å²) in [4.78, 5) is 36.2. The molecule has 0 fully saturated rings. The average Bonchev–Trinajstić information content (AvgIpc) is 2.66. The van der Waals surface area contributed by atoms with Crippen molar-refractivity contribution < 1.29 is 34.2 Å². The molecule has 2 atom stereocenters. The summed E-state index contributed by atoms with van der Waals surface area (Å²) in [6.07, 6.45) is 7.58. The van der Waals surface area contributed by atoms with Crippen LogP contribution in [0.2, 0.25) is 0 Å². The molecule has 0 saturated heterocycles. The van der Waals surface area contributed by atoms with Crippen molar-refractivity contribution in [3.63, 3.8) is 0 Å². The van der Waals surface area contributed by atoms with Gasteiger partial charge in [-0.25, -0.2) is 9.59 Å². The number of amides is 1. The molecule has 0 aromatic carbocycles. The highest BCUT2D eigenvalue weighted by Crippen LogP contribution is 2.26. The lowest BCUT2D eigenvalue weighted by Gasteiger charge is -2.46. The van der Waals surface area contributed by atoms with Crippen molar-refractivity contribution >= 4 is 17.8 Å². The maximum Gasteiger partial charge on any atom is 0.362 e. The maximum atomic E-state index is 12.1. The van der Waals surface area contributed by atoms with Crippen LogP contribution in [0.5, 0.6) is 0 Å². The van der Waals surface area contributed by atoms with E-state index in [2.05, 4.69) is 5.32 Å². The maximum absolute atomic E-state index is 12.1. The molecular weight excluding hydrogens is 376 g/mol. The van der Waals surface area contributed by atoms with Crippen LogP contribution >= 0.6 is 0 Å². The summed E-state index contributed by atoms with van der Waals surface area (Å²) in [5.41, 5.74) is 0. The van der Waals surface area contributed by atoms with Gasteiger partial charge in [-0.15, -0.1) is 0 Å². The number of carboxylic acid groups (broad SMARTS) is 2. The van der Waals surface area contributed by atoms with Crippen molar-refractivity contribution in [3.05, 3.63) is 12.2 Å². The molecule has 168 valence electrons. The average molecular weight is 416 g/mol. The highest BCUT2D eigenvalue weighted by molar-refractivity contribution is 5.76. The molecule has 8 nitrogen and oxygen atoms in total. The molecule has 0 aromatic rings. The molecule has 0 radical (unpaired) electrons. The largest absolute Gasteiger partial charge is 0.477 e. The minimum absolute atomic E-state index is 0.0189. The molecule has 4 N–H and O–H groups in total. The molecule has 0 bridgehead atoms. The van der Waals surface area contributed by atoms with E-state index >= 15 is 0 Å². The van der Waals surface area contributed by atoms with E-state index < -0.39 is 24.0 Å². The molecule has 0 heterocycles. The number of hydrogen-bond acceptors (Lipinski definition) is 4. The lowest BCUT2D eigenvalue weighted by atomic mass is 9.98. The molecule has 0 saturated carbocycles. The summed E-state index contributed by atoms with van der Waals surface area (Å²) in [5.74, 6) is -2.28. The number of aliphatic carboxylic acids is 2. The van der Waals surface area contributed by atoms with E-state index in [0.29, 0.717) is 38.5 Å². The van der Waals surface area contributed by atoms with Crippen LogP contribution in [0.1, 0.15) is 65.7 Å². The lowest BCUT2D eigenvalue weighted by Crippen LogP contribution is -2.68. The van der Waals surface area contributed by atoms with Gasteiger partial charge in [0.2, 0.25) is 5.91 Å². The molecule has 8 heteroatoms. The van der Waals surface area contributed by atoms with Crippen molar-refractivity contribution in [1.82, 2.24) is 5.32 Å². The van der Waals surface area contributed by atoms with Gasteiger partial charge in [-0.2, -0.15) is 0 Å². The Balaban J connectivity index is 5.55. The van der Waals surface area contributed by atoms with Gasteiger partial charge in [-0.3, -0.25) is 9.28 Å². The first-order chi connectivity index (χ1) is 13.8. The third-order valence-electron chi connectivity index (χ3n) is 5.31. The number of quaternary nitrogens is 1. The van der Waals surface area contributed by atoms with Crippen LogP contribution in [0.3, 0.4) is 0 Å². The monoisotopic (exact) mass is 415 g/mol. The van der Waals surface area contributed by atoms with Gasteiger partial charge >= 0.3 is 11.9 Å². The smallest absolute Gasteiger partial charge is 0.362 e. The zero-order chi connectivity index (χ0) is 22.3. The van der Waals surface area contributed by atoms with Gasteiger partial charge < -0.3 is 20.6 Å². The number of carboxylic acids is 2. The van der Waals surface area contributed by atoms with Crippen molar-refractivity contribution in [1.29, 1.82) is 0 Å². The summed E-state index contributed by atoms with van der Waals surface area (Å²) in [6.45, 7) is 5.64. The van der Waals surface area contributed by atoms with Gasteiger partial charge in [0.25, 0.3) is 0 Å². The molecular formula is C21H39N2O6+. The second-order valence-electron chi connectivity index (χ2n) is 7.37. The van der Waals surface area contributed by atoms with Crippen LogP contribution in [0, 0.1) is 0 Å². The predicted molar refractivity (Wildman–Crippen MR) is 111 cm³/mol. The topological polar surface area (TPSA) is 124 Å². The zero-order valence-corrected chi connectivity index (χ0v) is 18.1. The minimum Gasteiger partial charge on any atom is -0.477 e. The number of allylic oxidation sites excluding steroid dienone is 2. The Morgan fingerprint density at radius 2 is 1.55 bits per heavy atom. The van der Waals surface area contributed by atoms with E-state index in [-0.39, 0.29) is 36.6 Å². The second kappa shape index (κ2) is 15.0. The summed E-state index contributed by atoms with van der Waals surface area (Å²) >= 11 is 0. The van der Waals surface area contributed by atoms with E-state index in [1.165, 1.54) is 0 Å². The Morgan fingerprint density at radius 1 is 1.00 bits per heavy atom. The van der Waals surface area contributed by atoms with E-state index in [1.807, 2.05) is 32.9 Å². The molecule has 0 aliphatic rings. The van der Waals surface area contributed by atoms with E-state index in [4.69, 9.17) is 0 Å². The van der Waals surface area contributed by atoms with Crippen molar-refractivity contribution in [2.75, 3.05) is 26.2 Å². The number of aliphatic hydroxyl groups is 1. The number of carbonyl (C=O) groups excluding carboxylic acids is 1. The van der Waals surface area contributed by atoms with Gasteiger partial charge in [0.05, 0.1) is 19.7 Å². The fourth-order valence-corrected chi connectivity index (χ4v) is 3.93. The Hall–Kier alpha value is -1.93. The van der Waals surface area contributed by atoms with Crippen LogP contribution in [-0.2, 0) is 14.4 Å². The Morgan fingerprint density at radius 3 is 1.97 bits per heavy atom. The number of nitrogens with one attached hydrogen (secondary N) is 1. The molecule has 0 rings (SSSR count). The van der Waals surface area contributed by atoms with Gasteiger partial charge in [0.15, 0.2) is 12.1 Å². The van der Waals surface area contributed by atoms with E-state index in [0.717, 1.165) is 6.42 Å². The quantitative estimate of drug-likeness (QED) is 0.164. The summed E-state index contributed by atoms with van der Waals surface area (Å²) in [7, 11) is 0. The number of aliphatic hydroxyl groups excluding tert-OH is 1. The SMILES string of the molecule is C/C=C/CCCC(=O)NCC[N+](CCO)(C(CCC)C(=O)O)C(CCC)C(=O)O. The number of unbranched alkanes of at least 4 members (excludes halogenated alkanes) is 1. The fourth-order valence-electron chi connectivity index (χ4n) is 3.93. The fraction of sp³-hybridized carbons (Fsp3) is 0.762. The number of hydrogen-bond donors (Lipinski definition) is 4. The van der Waals surface area contributed by atoms with Crippen molar-refractivity contribution in [3.8, 4) is 0 Å². The Bertz CT molecular complexity index is 511. The first-order valence-electron chi connectivity index (χ1n) is 10.6. The Kier molecular flexibility index (Phi) is 14.0. The molecule has 2 unspecified atom stereocenters. The Labute approximate surface area is 174 Å². The molecule has 1 amide bonds. The first-order valence-corrected chi connectivity index (χ1v) is 10.6. The highest BCUT2D eigenvalue weighted by atomic mass is 16.4. The van der Waals surface area contributed by atoms with Gasteiger partial charge in [0, 0.05) is 19.3 Å². The normalized spacial score (nSPS) is 15.6. The van der Waals surface area contributed by atoms with Crippen molar-refractivity contribution in [2.24, 2.45) is 0 Å². The van der Waals surface area contributed by atoms with Gasteiger partial charge in [-0.05, 0) is 32.6 Å². The lowest BCUT2D eigenvalue weighted by molar-refractivity contribution is -0.958. The molecule has 0 spiro atoms. The second-order valence-corrected chi connectivity index (χ2v) is 7.37. The third-order valence-corrected chi connectivity index (χ3v) is 5.31. The summed E-state index contributed by atoms with van der Waals surface area (Å²) in [5, 5.41) is 32.2. The number of rotatable bonds is 17. The summed E-state index contributed by atoms with van der Waals surface area (Å²) < 4.78 is -0.262. The van der Waals surface area contributed by atoms with E-state index in [1.54, 1.807) is 0 Å². The molecule has 29 heavy (non-hydrogen) atoms.